The maximum Gasteiger partial charge on any atom is 0.255 e. The lowest BCUT2D eigenvalue weighted by Crippen LogP contribution is -2.54. The molecule has 1 aliphatic rings. The molecule has 5 nitrogen and oxygen atoms in total. The van der Waals surface area contributed by atoms with E-state index >= 15 is 0 Å². The van der Waals surface area contributed by atoms with Crippen molar-refractivity contribution in [2.24, 2.45) is 0 Å². The van der Waals surface area contributed by atoms with Gasteiger partial charge in [0.15, 0.2) is 9.84 Å². The predicted molar refractivity (Wildman–Crippen MR) is 116 cm³/mol. The lowest BCUT2D eigenvalue weighted by atomic mass is 10.1. The topological polar surface area (TPSA) is 57.7 Å². The Hall–Kier alpha value is -1.86. The van der Waals surface area contributed by atoms with Crippen LogP contribution >= 0.6 is 15.9 Å². The molecular formula is C21H25BrN2O3S. The van der Waals surface area contributed by atoms with Crippen LogP contribution in [0.15, 0.2) is 45.8 Å². The molecule has 1 aliphatic heterocycles. The van der Waals surface area contributed by atoms with Gasteiger partial charge in [-0.3, -0.25) is 4.79 Å². The molecule has 1 atom stereocenters. The molecule has 0 bridgehead atoms. The highest BCUT2D eigenvalue weighted by Gasteiger charge is 2.30. The molecule has 0 spiro atoms. The number of anilines is 1. The largest absolute Gasteiger partial charge is 0.365 e. The van der Waals surface area contributed by atoms with E-state index in [1.807, 2.05) is 0 Å². The summed E-state index contributed by atoms with van der Waals surface area (Å²) in [7, 11) is -3.50. The molecule has 1 amide bonds. The molecule has 28 heavy (non-hydrogen) atoms. The summed E-state index contributed by atoms with van der Waals surface area (Å²) in [5.74, 6) is -0.236. The number of rotatable bonds is 3. The van der Waals surface area contributed by atoms with E-state index in [1.54, 1.807) is 17.0 Å². The molecular weight excluding hydrogens is 440 g/mol. The van der Waals surface area contributed by atoms with Crippen LogP contribution in [0.3, 0.4) is 0 Å². The molecule has 0 radical (unpaired) electrons. The monoisotopic (exact) mass is 464 g/mol. The second-order valence-corrected chi connectivity index (χ2v) is 10.4. The average Bonchev–Trinajstić information content (AvgIpc) is 2.61. The molecule has 0 saturated carbocycles. The van der Waals surface area contributed by atoms with Crippen LogP contribution in [0.4, 0.5) is 5.69 Å². The van der Waals surface area contributed by atoms with Crippen LogP contribution in [0.2, 0.25) is 0 Å². The third kappa shape index (κ3) is 4.25. The SMILES string of the molecule is Cc1ccc(N2CCN(C(=O)c3ccc(Br)cc3S(C)(=O)=O)CC2C)c(C)c1. The number of hydrogen-bond acceptors (Lipinski definition) is 4. The first kappa shape index (κ1) is 20.9. The van der Waals surface area contributed by atoms with Crippen molar-refractivity contribution in [1.82, 2.24) is 4.90 Å². The van der Waals surface area contributed by atoms with Crippen LogP contribution in [0.25, 0.3) is 0 Å². The van der Waals surface area contributed by atoms with Gasteiger partial charge >= 0.3 is 0 Å². The summed E-state index contributed by atoms with van der Waals surface area (Å²) in [5.41, 5.74) is 3.87. The van der Waals surface area contributed by atoms with Crippen LogP contribution < -0.4 is 4.90 Å². The molecule has 0 N–H and O–H groups in total. The highest BCUT2D eigenvalue weighted by atomic mass is 79.9. The smallest absolute Gasteiger partial charge is 0.255 e. The van der Waals surface area contributed by atoms with Crippen LogP contribution in [-0.2, 0) is 9.84 Å². The Morgan fingerprint density at radius 3 is 2.43 bits per heavy atom. The standard InChI is InChI=1S/C21H25BrN2O3S/c1-14-5-8-19(15(2)11-14)24-10-9-23(13-16(24)3)21(25)18-7-6-17(22)12-20(18)28(4,26)27/h5-8,11-12,16H,9-10,13H2,1-4H3. The molecule has 2 aromatic rings. The van der Waals surface area contributed by atoms with Crippen molar-refractivity contribution in [3.63, 3.8) is 0 Å². The number of piperazine rings is 1. The third-order valence-corrected chi connectivity index (χ3v) is 6.78. The minimum atomic E-state index is -3.50. The summed E-state index contributed by atoms with van der Waals surface area (Å²) in [4.78, 5) is 17.2. The zero-order valence-corrected chi connectivity index (χ0v) is 19.0. The number of aryl methyl sites for hydroxylation is 2. The first-order valence-corrected chi connectivity index (χ1v) is 11.9. The van der Waals surface area contributed by atoms with E-state index in [2.05, 4.69) is 59.8 Å². The molecule has 150 valence electrons. The molecule has 1 fully saturated rings. The van der Waals surface area contributed by atoms with Crippen LogP contribution in [-0.4, -0.2) is 51.2 Å². The van der Waals surface area contributed by atoms with Crippen LogP contribution in [0, 0.1) is 13.8 Å². The Labute approximate surface area is 175 Å². The van der Waals surface area contributed by atoms with Crippen LogP contribution in [0.1, 0.15) is 28.4 Å². The van der Waals surface area contributed by atoms with E-state index in [-0.39, 0.29) is 22.4 Å². The lowest BCUT2D eigenvalue weighted by Gasteiger charge is -2.42. The molecule has 0 aromatic heterocycles. The highest BCUT2D eigenvalue weighted by molar-refractivity contribution is 9.10. The summed E-state index contributed by atoms with van der Waals surface area (Å²) in [5, 5.41) is 0. The third-order valence-electron chi connectivity index (χ3n) is 5.15. The summed E-state index contributed by atoms with van der Waals surface area (Å²) >= 11 is 3.29. The van der Waals surface area contributed by atoms with Crippen molar-refractivity contribution >= 4 is 37.4 Å². The van der Waals surface area contributed by atoms with Crippen molar-refractivity contribution in [2.45, 2.75) is 31.7 Å². The Kier molecular flexibility index (Phi) is 5.87. The van der Waals surface area contributed by atoms with Crippen molar-refractivity contribution in [3.05, 3.63) is 57.6 Å². The average molecular weight is 465 g/mol. The van der Waals surface area contributed by atoms with Gasteiger partial charge in [-0.25, -0.2) is 8.42 Å². The maximum atomic E-state index is 13.1. The molecule has 0 aliphatic carbocycles. The molecule has 7 heteroatoms. The van der Waals surface area contributed by atoms with Gasteiger partial charge in [0.05, 0.1) is 10.5 Å². The number of amides is 1. The number of benzene rings is 2. The van der Waals surface area contributed by atoms with Crippen molar-refractivity contribution in [2.75, 3.05) is 30.8 Å². The number of carbonyl (C=O) groups is 1. The van der Waals surface area contributed by atoms with Gasteiger partial charge in [-0.15, -0.1) is 0 Å². The van der Waals surface area contributed by atoms with E-state index in [4.69, 9.17) is 0 Å². The lowest BCUT2D eigenvalue weighted by molar-refractivity contribution is 0.0722. The fourth-order valence-electron chi connectivity index (χ4n) is 3.78. The van der Waals surface area contributed by atoms with E-state index < -0.39 is 9.84 Å². The number of nitrogens with zero attached hydrogens (tertiary/aromatic N) is 2. The van der Waals surface area contributed by atoms with E-state index in [1.165, 1.54) is 22.9 Å². The Balaban J connectivity index is 1.84. The van der Waals surface area contributed by atoms with Crippen molar-refractivity contribution < 1.29 is 13.2 Å². The predicted octanol–water partition coefficient (Wildman–Crippen LogP) is 3.82. The molecule has 2 aromatic carbocycles. The van der Waals surface area contributed by atoms with E-state index in [0.717, 1.165) is 6.26 Å². The summed E-state index contributed by atoms with van der Waals surface area (Å²) in [6, 6.07) is 11.3. The molecule has 1 heterocycles. The Bertz CT molecular complexity index is 1020. The molecule has 3 rings (SSSR count). The van der Waals surface area contributed by atoms with Gasteiger partial charge in [0.25, 0.3) is 5.91 Å². The number of carbonyl (C=O) groups excluding carboxylic acids is 1. The normalized spacial score (nSPS) is 17.7. The Morgan fingerprint density at radius 1 is 1.11 bits per heavy atom. The second-order valence-electron chi connectivity index (χ2n) is 7.50. The van der Waals surface area contributed by atoms with Crippen molar-refractivity contribution in [1.29, 1.82) is 0 Å². The van der Waals surface area contributed by atoms with Gasteiger partial charge < -0.3 is 9.80 Å². The van der Waals surface area contributed by atoms with Gasteiger partial charge in [0.1, 0.15) is 0 Å². The number of hydrogen-bond donors (Lipinski definition) is 0. The van der Waals surface area contributed by atoms with Gasteiger partial charge in [0.2, 0.25) is 0 Å². The van der Waals surface area contributed by atoms with Gasteiger partial charge in [-0.2, -0.15) is 0 Å². The summed E-state index contributed by atoms with van der Waals surface area (Å²) in [6.07, 6.45) is 1.13. The first-order chi connectivity index (χ1) is 13.1. The number of halogens is 1. The van der Waals surface area contributed by atoms with E-state index in [0.29, 0.717) is 24.1 Å². The maximum absolute atomic E-state index is 13.1. The van der Waals surface area contributed by atoms with Gasteiger partial charge in [0, 0.05) is 42.1 Å². The van der Waals surface area contributed by atoms with Crippen LogP contribution in [0.5, 0.6) is 0 Å². The fraction of sp³-hybridized carbons (Fsp3) is 0.381. The van der Waals surface area contributed by atoms with E-state index in [9.17, 15) is 13.2 Å². The van der Waals surface area contributed by atoms with Gasteiger partial charge in [-0.1, -0.05) is 33.6 Å². The van der Waals surface area contributed by atoms with Crippen molar-refractivity contribution in [3.8, 4) is 0 Å². The summed E-state index contributed by atoms with van der Waals surface area (Å²) in [6.45, 7) is 8.09. The quantitative estimate of drug-likeness (QED) is 0.692. The number of sulfone groups is 1. The minimum absolute atomic E-state index is 0.0661. The fourth-order valence-corrected chi connectivity index (χ4v) is 5.19. The van der Waals surface area contributed by atoms with Gasteiger partial charge in [-0.05, 0) is 50.6 Å². The zero-order valence-electron chi connectivity index (χ0n) is 16.6. The summed E-state index contributed by atoms with van der Waals surface area (Å²) < 4.78 is 25.0. The Morgan fingerprint density at radius 2 is 1.82 bits per heavy atom. The molecule has 1 unspecified atom stereocenters. The first-order valence-electron chi connectivity index (χ1n) is 9.20. The highest BCUT2D eigenvalue weighted by Crippen LogP contribution is 2.27. The second kappa shape index (κ2) is 7.87. The molecule has 1 saturated heterocycles. The zero-order chi connectivity index (χ0) is 20.6. The minimum Gasteiger partial charge on any atom is -0.365 e.